The Balaban J connectivity index is 0.00000176. The molecule has 7 nitrogen and oxygen atoms in total. The van der Waals surface area contributed by atoms with Crippen LogP contribution in [0.4, 0.5) is 19.3 Å². The van der Waals surface area contributed by atoms with Crippen molar-refractivity contribution in [1.29, 1.82) is 0 Å². The molecule has 0 unspecified atom stereocenters. The van der Waals surface area contributed by atoms with E-state index >= 15 is 8.78 Å². The van der Waals surface area contributed by atoms with Gasteiger partial charge in [-0.15, -0.1) is 0 Å². The smallest absolute Gasteiger partial charge is 0.444 e. The number of hydrogen-bond donors (Lipinski definition) is 2. The Hall–Kier alpha value is -2.60. The van der Waals surface area contributed by atoms with Crippen molar-refractivity contribution in [3.8, 4) is 11.3 Å². The Morgan fingerprint density at radius 1 is 1.08 bits per heavy atom. The molecule has 12 heteroatoms. The van der Waals surface area contributed by atoms with Gasteiger partial charge in [-0.1, -0.05) is 47.3 Å². The third kappa shape index (κ3) is 5.86. The summed E-state index contributed by atoms with van der Waals surface area (Å²) in [5, 5.41) is 6.33. The number of aryl methyl sites for hydroxylation is 1. The molecule has 1 aliphatic heterocycles. The number of hydrogen-bond acceptors (Lipinski definition) is 7. The predicted molar refractivity (Wildman–Crippen MR) is 137 cm³/mol. The van der Waals surface area contributed by atoms with Crippen LogP contribution < -0.4 is 10.8 Å². The minimum absolute atomic E-state index is 0.0398. The minimum atomic E-state index is -1.07. The zero-order chi connectivity index (χ0) is 26.7. The summed E-state index contributed by atoms with van der Waals surface area (Å²) in [6.45, 7) is 8.87. The van der Waals surface area contributed by atoms with Gasteiger partial charge in [-0.05, 0) is 63.0 Å². The highest BCUT2D eigenvalue weighted by Crippen LogP contribution is 2.37. The quantitative estimate of drug-likeness (QED) is 0.304. The highest BCUT2D eigenvalue weighted by molar-refractivity contribution is 8.05. The summed E-state index contributed by atoms with van der Waals surface area (Å²) in [4.78, 5) is 12.3. The molecule has 1 fully saturated rings. The van der Waals surface area contributed by atoms with Gasteiger partial charge in [0, 0.05) is 11.0 Å². The van der Waals surface area contributed by atoms with Gasteiger partial charge in [-0.3, -0.25) is 5.32 Å². The molecule has 0 atom stereocenters. The van der Waals surface area contributed by atoms with Crippen molar-refractivity contribution >= 4 is 46.9 Å². The monoisotopic (exact) mass is 538 g/mol. The summed E-state index contributed by atoms with van der Waals surface area (Å²) in [6.07, 6.45) is -0.786. The van der Waals surface area contributed by atoms with E-state index in [0.717, 1.165) is 17.7 Å². The molecule has 3 aromatic rings. The van der Waals surface area contributed by atoms with E-state index in [9.17, 15) is 4.79 Å². The van der Waals surface area contributed by atoms with Crippen molar-refractivity contribution in [3.05, 3.63) is 65.4 Å². The lowest BCUT2D eigenvalue weighted by Crippen LogP contribution is -2.41. The molecule has 1 saturated heterocycles. The Morgan fingerprint density at radius 2 is 1.69 bits per heavy atom. The third-order valence-corrected chi connectivity index (χ3v) is 6.15. The number of anilines is 1. The van der Waals surface area contributed by atoms with Crippen molar-refractivity contribution in [2.24, 2.45) is 0 Å². The van der Waals surface area contributed by atoms with Gasteiger partial charge in [0.15, 0.2) is 5.76 Å². The van der Waals surface area contributed by atoms with Crippen LogP contribution in [0.1, 0.15) is 39.0 Å². The van der Waals surface area contributed by atoms with Crippen LogP contribution in [0.5, 0.6) is 0 Å². The number of thiol groups is 1. The highest BCUT2D eigenvalue weighted by atomic mass is 35.7. The van der Waals surface area contributed by atoms with Gasteiger partial charge < -0.3 is 18.6 Å². The van der Waals surface area contributed by atoms with Crippen molar-refractivity contribution in [2.45, 2.75) is 52.4 Å². The topological polar surface area (TPSA) is 82.8 Å². The van der Waals surface area contributed by atoms with Crippen LogP contribution in [-0.4, -0.2) is 29.6 Å². The number of rotatable bonds is 5. The van der Waals surface area contributed by atoms with Crippen LogP contribution >= 0.6 is 22.5 Å². The molecule has 0 aliphatic carbocycles. The minimum Gasteiger partial charge on any atom is -0.444 e. The first-order chi connectivity index (χ1) is 17.0. The zero-order valence-corrected chi connectivity index (χ0v) is 22.0. The summed E-state index contributed by atoms with van der Waals surface area (Å²) in [5.41, 5.74) is -0.860. The number of benzene rings is 2. The van der Waals surface area contributed by atoms with Crippen LogP contribution in [0, 0.1) is 18.6 Å². The second-order valence-electron chi connectivity index (χ2n) is 9.09. The molecule has 2 aromatic carbocycles. The van der Waals surface area contributed by atoms with Gasteiger partial charge in [-0.2, -0.15) is 0 Å². The first kappa shape index (κ1) is 28.0. The van der Waals surface area contributed by atoms with Gasteiger partial charge in [0.2, 0.25) is 0 Å². The summed E-state index contributed by atoms with van der Waals surface area (Å²) < 4.78 is 52.2. The largest absolute Gasteiger partial charge is 0.497 e. The molecule has 1 N–H and O–H groups in total. The molecule has 36 heavy (non-hydrogen) atoms. The van der Waals surface area contributed by atoms with E-state index in [4.69, 9.17) is 18.6 Å². The molecule has 4 rings (SSSR count). The normalized spacial score (nSPS) is 15.8. The average Bonchev–Trinajstić information content (AvgIpc) is 3.30. The number of nitrogens with zero attached hydrogens (tertiary/aromatic N) is 1. The van der Waals surface area contributed by atoms with E-state index in [1.165, 1.54) is 6.92 Å². The molecule has 0 spiro atoms. The lowest BCUT2D eigenvalue weighted by Gasteiger charge is -2.32. The number of carbonyl (C=O) groups is 1. The van der Waals surface area contributed by atoms with Crippen LogP contribution in [0.3, 0.4) is 0 Å². The van der Waals surface area contributed by atoms with Crippen LogP contribution in [0.2, 0.25) is 0 Å². The number of halogens is 3. The fraction of sp³-hybridized carbons (Fsp3) is 0.333. The number of ether oxygens (including phenoxy) is 1. The summed E-state index contributed by atoms with van der Waals surface area (Å²) in [7, 11) is 3.26. The maximum Gasteiger partial charge on any atom is 0.497 e. The van der Waals surface area contributed by atoms with Crippen LogP contribution in [-0.2, 0) is 20.7 Å². The Morgan fingerprint density at radius 3 is 2.31 bits per heavy atom. The van der Waals surface area contributed by atoms with Crippen molar-refractivity contribution in [1.82, 2.24) is 5.16 Å². The second-order valence-corrected chi connectivity index (χ2v) is 9.09. The average molecular weight is 539 g/mol. The number of nitrogens with one attached hydrogen (secondary N) is 1. The molecule has 192 valence electrons. The Bertz CT molecular complexity index is 1210. The molecule has 1 amide bonds. The standard InChI is InChI=1S/C24H25BF2N2O5.ClHS/c1-14-20(28-22(30)31-13-15-9-7-6-8-10-15)21(29-32-14)16-11-19(27)17(12-18(16)26)25-33-23(2,3)24(4,5)34-25;1-2/h6-12H,13H2,1-5H3,(H,28,30);2H. The van der Waals surface area contributed by atoms with Gasteiger partial charge in [0.25, 0.3) is 0 Å². The molecule has 0 radical (unpaired) electrons. The van der Waals surface area contributed by atoms with Gasteiger partial charge in [0.1, 0.15) is 29.6 Å². The maximum atomic E-state index is 15.1. The van der Waals surface area contributed by atoms with E-state index in [1.54, 1.807) is 0 Å². The first-order valence-electron chi connectivity index (χ1n) is 10.9. The highest BCUT2D eigenvalue weighted by Gasteiger charge is 2.52. The van der Waals surface area contributed by atoms with E-state index < -0.39 is 36.0 Å². The summed E-state index contributed by atoms with van der Waals surface area (Å²) in [6, 6.07) is 11.1. The molecule has 1 aromatic heterocycles. The van der Waals surface area contributed by atoms with E-state index in [1.807, 2.05) is 58.0 Å². The Kier molecular flexibility index (Phi) is 8.71. The second kappa shape index (κ2) is 11.2. The number of aromatic nitrogens is 1. The number of amides is 1. The van der Waals surface area contributed by atoms with E-state index in [-0.39, 0.29) is 34.8 Å². The lowest BCUT2D eigenvalue weighted by atomic mass is 9.78. The summed E-state index contributed by atoms with van der Waals surface area (Å²) in [5.74, 6) is -1.31. The van der Waals surface area contributed by atoms with E-state index in [0.29, 0.717) is 0 Å². The van der Waals surface area contributed by atoms with Gasteiger partial charge >= 0.3 is 13.2 Å². The molecular weight excluding hydrogens is 513 g/mol. The molecular formula is C24H26BClF2N2O5S. The van der Waals surface area contributed by atoms with E-state index in [2.05, 4.69) is 33.0 Å². The summed E-state index contributed by atoms with van der Waals surface area (Å²) >= 11 is 3.00. The molecule has 0 bridgehead atoms. The Labute approximate surface area is 218 Å². The number of carbonyl (C=O) groups excluding carboxylic acids is 1. The maximum absolute atomic E-state index is 15.1. The predicted octanol–water partition coefficient (Wildman–Crippen LogP) is 6.05. The fourth-order valence-electron chi connectivity index (χ4n) is 3.46. The van der Waals surface area contributed by atoms with Crippen molar-refractivity contribution < 1.29 is 32.1 Å². The molecule has 2 heterocycles. The van der Waals surface area contributed by atoms with Crippen molar-refractivity contribution in [2.75, 3.05) is 5.32 Å². The lowest BCUT2D eigenvalue weighted by molar-refractivity contribution is 0.00578. The van der Waals surface area contributed by atoms with Gasteiger partial charge in [0.05, 0.1) is 11.2 Å². The SMILES string of the molecule is Cc1onc(-c2cc(F)c(B3OC(C)(C)C(C)(C)O3)cc2F)c1NC(=O)OCc1ccccc1.SCl. The zero-order valence-electron chi connectivity index (χ0n) is 20.4. The molecule has 1 aliphatic rings. The van der Waals surface area contributed by atoms with Crippen molar-refractivity contribution in [3.63, 3.8) is 0 Å². The molecule has 0 saturated carbocycles. The third-order valence-electron chi connectivity index (χ3n) is 6.15. The van der Waals surface area contributed by atoms with Crippen LogP contribution in [0.25, 0.3) is 11.3 Å². The van der Waals surface area contributed by atoms with Gasteiger partial charge in [-0.25, -0.2) is 13.6 Å². The fourth-order valence-corrected chi connectivity index (χ4v) is 3.46. The van der Waals surface area contributed by atoms with Crippen LogP contribution in [0.15, 0.2) is 47.0 Å². The first-order valence-corrected chi connectivity index (χ1v) is 12.3.